The third kappa shape index (κ3) is 5.06. The summed E-state index contributed by atoms with van der Waals surface area (Å²) in [6.45, 7) is -0.430. The van der Waals surface area contributed by atoms with Gasteiger partial charge in [0.05, 0.1) is 28.2 Å². The summed E-state index contributed by atoms with van der Waals surface area (Å²) in [7, 11) is -3.72. The van der Waals surface area contributed by atoms with Crippen molar-refractivity contribution in [1.82, 2.24) is 5.43 Å². The van der Waals surface area contributed by atoms with E-state index in [-0.39, 0.29) is 0 Å². The van der Waals surface area contributed by atoms with Gasteiger partial charge in [-0.15, -0.1) is 0 Å². The number of benzene rings is 3. The van der Waals surface area contributed by atoms with Gasteiger partial charge in [-0.1, -0.05) is 65.7 Å². The molecule has 9 heteroatoms. The van der Waals surface area contributed by atoms with Crippen LogP contribution in [0.15, 0.2) is 65.8 Å². The zero-order chi connectivity index (χ0) is 21.0. The summed E-state index contributed by atoms with van der Waals surface area (Å²) in [6, 6.07) is 17.6. The average molecular weight is 450 g/mol. The Balaban J connectivity index is 1.83. The fourth-order valence-corrected chi connectivity index (χ4v) is 4.14. The van der Waals surface area contributed by atoms with Crippen molar-refractivity contribution in [3.8, 4) is 0 Å². The van der Waals surface area contributed by atoms with Gasteiger partial charge in [0.15, 0.2) is 0 Å². The molecule has 0 radical (unpaired) electrons. The molecule has 0 heterocycles. The van der Waals surface area contributed by atoms with Crippen LogP contribution in [-0.4, -0.2) is 33.3 Å². The molecule has 0 aliphatic heterocycles. The minimum Gasteiger partial charge on any atom is -0.271 e. The zero-order valence-corrected chi connectivity index (χ0v) is 17.7. The van der Waals surface area contributed by atoms with Gasteiger partial charge in [-0.05, 0) is 23.6 Å². The van der Waals surface area contributed by atoms with Crippen molar-refractivity contribution in [3.05, 3.63) is 76.3 Å². The Morgan fingerprint density at radius 1 is 1.03 bits per heavy atom. The molecule has 3 rings (SSSR count). The second-order valence-corrected chi connectivity index (χ2v) is 8.92. The van der Waals surface area contributed by atoms with Crippen LogP contribution in [0.3, 0.4) is 0 Å². The molecule has 0 aliphatic rings. The molecule has 0 atom stereocenters. The Hall–Kier alpha value is -2.61. The van der Waals surface area contributed by atoms with Crippen LogP contribution in [0.4, 0.5) is 5.69 Å². The standard InChI is InChI=1S/C20H17Cl2N3O3S/c1-29(27,28)25(19-11-4-7-14-6-2-3-8-15(14)19)13-20(26)24-23-12-16-17(21)9-5-10-18(16)22/h2-12H,13H2,1H3,(H,24,26)/b23-12-. The van der Waals surface area contributed by atoms with Crippen LogP contribution in [-0.2, 0) is 14.8 Å². The SMILES string of the molecule is CS(=O)(=O)N(CC(=O)N/N=C\c1c(Cl)cccc1Cl)c1cccc2ccccc12. The lowest BCUT2D eigenvalue weighted by atomic mass is 10.1. The third-order valence-electron chi connectivity index (χ3n) is 4.11. The number of hydrogen-bond acceptors (Lipinski definition) is 4. The predicted molar refractivity (Wildman–Crippen MR) is 118 cm³/mol. The normalized spacial score (nSPS) is 11.7. The van der Waals surface area contributed by atoms with Crippen molar-refractivity contribution >= 4 is 61.8 Å². The lowest BCUT2D eigenvalue weighted by Crippen LogP contribution is -2.39. The maximum atomic E-state index is 12.4. The van der Waals surface area contributed by atoms with Gasteiger partial charge in [-0.25, -0.2) is 13.8 Å². The largest absolute Gasteiger partial charge is 0.271 e. The molecule has 29 heavy (non-hydrogen) atoms. The minimum atomic E-state index is -3.72. The molecule has 0 unspecified atom stereocenters. The number of hydrazone groups is 1. The van der Waals surface area contributed by atoms with Crippen LogP contribution in [0.1, 0.15) is 5.56 Å². The van der Waals surface area contributed by atoms with Crippen LogP contribution in [0.25, 0.3) is 10.8 Å². The van der Waals surface area contributed by atoms with E-state index in [4.69, 9.17) is 23.2 Å². The van der Waals surface area contributed by atoms with Gasteiger partial charge in [0, 0.05) is 10.9 Å². The van der Waals surface area contributed by atoms with Crippen molar-refractivity contribution in [1.29, 1.82) is 0 Å². The second-order valence-electron chi connectivity index (χ2n) is 6.20. The van der Waals surface area contributed by atoms with E-state index >= 15 is 0 Å². The van der Waals surface area contributed by atoms with E-state index < -0.39 is 22.5 Å². The molecule has 3 aromatic rings. The summed E-state index contributed by atoms with van der Waals surface area (Å²) in [4.78, 5) is 12.4. The Kier molecular flexibility index (Phi) is 6.42. The van der Waals surface area contributed by atoms with E-state index in [9.17, 15) is 13.2 Å². The minimum absolute atomic E-state index is 0.379. The van der Waals surface area contributed by atoms with Crippen LogP contribution < -0.4 is 9.73 Å². The molecule has 0 aliphatic carbocycles. The number of nitrogens with one attached hydrogen (secondary N) is 1. The summed E-state index contributed by atoms with van der Waals surface area (Å²) in [5.41, 5.74) is 3.18. The maximum absolute atomic E-state index is 12.4. The van der Waals surface area contributed by atoms with Gasteiger partial charge < -0.3 is 0 Å². The highest BCUT2D eigenvalue weighted by molar-refractivity contribution is 7.92. The van der Waals surface area contributed by atoms with Gasteiger partial charge in [0.25, 0.3) is 5.91 Å². The Morgan fingerprint density at radius 2 is 1.66 bits per heavy atom. The van der Waals surface area contributed by atoms with E-state index in [2.05, 4.69) is 10.5 Å². The number of nitrogens with zero attached hydrogens (tertiary/aromatic N) is 2. The van der Waals surface area contributed by atoms with E-state index in [0.717, 1.165) is 21.3 Å². The second kappa shape index (κ2) is 8.82. The molecule has 0 saturated carbocycles. The fourth-order valence-electron chi connectivity index (χ4n) is 2.78. The van der Waals surface area contributed by atoms with Crippen molar-refractivity contribution < 1.29 is 13.2 Å². The first-order valence-electron chi connectivity index (χ1n) is 8.49. The van der Waals surface area contributed by atoms with Crippen LogP contribution in [0, 0.1) is 0 Å². The zero-order valence-electron chi connectivity index (χ0n) is 15.3. The van der Waals surface area contributed by atoms with E-state index in [1.165, 1.54) is 6.21 Å². The summed E-state index contributed by atoms with van der Waals surface area (Å²) < 4.78 is 25.8. The summed E-state index contributed by atoms with van der Waals surface area (Å²) in [5.74, 6) is -0.609. The average Bonchev–Trinajstić information content (AvgIpc) is 2.67. The number of carbonyl (C=O) groups is 1. The van der Waals surface area contributed by atoms with Crippen molar-refractivity contribution in [2.45, 2.75) is 0 Å². The number of anilines is 1. The molecule has 0 bridgehead atoms. The number of sulfonamides is 1. The number of amides is 1. The Morgan fingerprint density at radius 3 is 2.34 bits per heavy atom. The van der Waals surface area contributed by atoms with E-state index in [0.29, 0.717) is 21.3 Å². The highest BCUT2D eigenvalue weighted by Gasteiger charge is 2.22. The lowest BCUT2D eigenvalue weighted by Gasteiger charge is -2.23. The molecule has 0 fully saturated rings. The van der Waals surface area contributed by atoms with E-state index in [1.54, 1.807) is 36.4 Å². The monoisotopic (exact) mass is 449 g/mol. The van der Waals surface area contributed by atoms with Gasteiger partial charge >= 0.3 is 0 Å². The smallest absolute Gasteiger partial charge is 0.260 e. The van der Waals surface area contributed by atoms with Crippen molar-refractivity contribution in [3.63, 3.8) is 0 Å². The number of halogens is 2. The van der Waals surface area contributed by atoms with Crippen LogP contribution in [0.2, 0.25) is 10.0 Å². The maximum Gasteiger partial charge on any atom is 0.260 e. The molecule has 3 aromatic carbocycles. The highest BCUT2D eigenvalue weighted by atomic mass is 35.5. The number of carbonyl (C=O) groups excluding carboxylic acids is 1. The molecule has 0 saturated heterocycles. The first-order valence-corrected chi connectivity index (χ1v) is 11.1. The number of rotatable bonds is 6. The van der Waals surface area contributed by atoms with E-state index in [1.807, 2.05) is 24.3 Å². The van der Waals surface area contributed by atoms with Crippen LogP contribution in [0.5, 0.6) is 0 Å². The highest BCUT2D eigenvalue weighted by Crippen LogP contribution is 2.28. The number of hydrogen-bond donors (Lipinski definition) is 1. The molecule has 6 nitrogen and oxygen atoms in total. The summed E-state index contributed by atoms with van der Waals surface area (Å²) in [5, 5.41) is 6.18. The first-order chi connectivity index (χ1) is 13.8. The molecule has 1 amide bonds. The van der Waals surface area contributed by atoms with Gasteiger partial charge in [-0.3, -0.25) is 9.10 Å². The molecular weight excluding hydrogens is 433 g/mol. The third-order valence-corrected chi connectivity index (χ3v) is 5.89. The predicted octanol–water partition coefficient (Wildman–Crippen LogP) is 4.06. The molecule has 150 valence electrons. The summed E-state index contributed by atoms with van der Waals surface area (Å²) >= 11 is 12.1. The fraction of sp³-hybridized carbons (Fsp3) is 0.100. The Labute approximate surface area is 178 Å². The topological polar surface area (TPSA) is 78.8 Å². The van der Waals surface area contributed by atoms with Gasteiger partial charge in [0.1, 0.15) is 6.54 Å². The van der Waals surface area contributed by atoms with Crippen LogP contribution >= 0.6 is 23.2 Å². The molecule has 0 aromatic heterocycles. The Bertz CT molecular complexity index is 1170. The first kappa shape index (κ1) is 21.1. The lowest BCUT2D eigenvalue weighted by molar-refractivity contribution is -0.119. The van der Waals surface area contributed by atoms with Crippen molar-refractivity contribution in [2.24, 2.45) is 5.10 Å². The molecule has 0 spiro atoms. The molecule has 1 N–H and O–H groups in total. The van der Waals surface area contributed by atoms with Gasteiger partial charge in [0.2, 0.25) is 10.0 Å². The summed E-state index contributed by atoms with van der Waals surface area (Å²) in [6.07, 6.45) is 2.36. The quantitative estimate of drug-likeness (QED) is 0.455. The number of fused-ring (bicyclic) bond motifs is 1. The van der Waals surface area contributed by atoms with Crippen molar-refractivity contribution in [2.75, 3.05) is 17.1 Å². The molecular formula is C20H17Cl2N3O3S. The van der Waals surface area contributed by atoms with Gasteiger partial charge in [-0.2, -0.15) is 5.10 Å².